The van der Waals surface area contributed by atoms with Crippen molar-refractivity contribution in [3.63, 3.8) is 0 Å². The normalized spacial score (nSPS) is 18.6. The molecule has 0 aromatic rings. The van der Waals surface area contributed by atoms with Crippen LogP contribution in [0.25, 0.3) is 0 Å². The Morgan fingerprint density at radius 1 is 0.500 bits per heavy atom. The molecule has 48 heavy (non-hydrogen) atoms. The smallest absolute Gasteiger partial charge is 0.168 e. The second-order valence-electron chi connectivity index (χ2n) is 15.3. The lowest BCUT2D eigenvalue weighted by Crippen LogP contribution is -2.31. The standard InChI is InChI=1S/C45H85NO2/c1-5-7-9-11-13-15-17-19-21-23-25-27-29-31-33-36-40-45(47-43-44(48-45)39-35-38-42-46(3)4)41-37-34-32-30-28-26-24-22-20-18-16-14-12-10-8-6-2/h13-16,19,21,44H,5-12,17-18,20,22-43H2,1-4H3/b15-13-,16-14-,21-19-. The van der Waals surface area contributed by atoms with Gasteiger partial charge in [-0.25, -0.2) is 0 Å². The number of hydrogen-bond donors (Lipinski definition) is 0. The Morgan fingerprint density at radius 2 is 0.917 bits per heavy atom. The van der Waals surface area contributed by atoms with Gasteiger partial charge < -0.3 is 14.4 Å². The third-order valence-corrected chi connectivity index (χ3v) is 10.1. The monoisotopic (exact) mass is 672 g/mol. The molecule has 2 unspecified atom stereocenters. The molecule has 0 saturated carbocycles. The van der Waals surface area contributed by atoms with Gasteiger partial charge in [0.15, 0.2) is 5.79 Å². The van der Waals surface area contributed by atoms with Crippen LogP contribution in [0.5, 0.6) is 0 Å². The highest BCUT2D eigenvalue weighted by Crippen LogP contribution is 2.36. The summed E-state index contributed by atoms with van der Waals surface area (Å²) < 4.78 is 13.3. The third-order valence-electron chi connectivity index (χ3n) is 10.1. The minimum atomic E-state index is -0.300. The van der Waals surface area contributed by atoms with E-state index in [4.69, 9.17) is 9.47 Å². The van der Waals surface area contributed by atoms with Crippen LogP contribution < -0.4 is 0 Å². The van der Waals surface area contributed by atoms with Gasteiger partial charge in [-0.3, -0.25) is 0 Å². The molecule has 1 aliphatic rings. The zero-order valence-corrected chi connectivity index (χ0v) is 33.1. The van der Waals surface area contributed by atoms with Gasteiger partial charge >= 0.3 is 0 Å². The Labute approximate surface area is 302 Å². The summed E-state index contributed by atoms with van der Waals surface area (Å²) >= 11 is 0. The van der Waals surface area contributed by atoms with Gasteiger partial charge in [0.25, 0.3) is 0 Å². The van der Waals surface area contributed by atoms with Crippen LogP contribution in [0.3, 0.4) is 0 Å². The molecule has 0 N–H and O–H groups in total. The molecule has 0 amide bonds. The summed E-state index contributed by atoms with van der Waals surface area (Å²) in [4.78, 5) is 2.29. The fourth-order valence-corrected chi connectivity index (χ4v) is 6.97. The summed E-state index contributed by atoms with van der Waals surface area (Å²) in [5.41, 5.74) is 0. The van der Waals surface area contributed by atoms with Crippen molar-refractivity contribution < 1.29 is 9.47 Å². The van der Waals surface area contributed by atoms with Crippen LogP contribution in [0, 0.1) is 0 Å². The number of nitrogens with zero attached hydrogens (tertiary/aromatic N) is 1. The van der Waals surface area contributed by atoms with Crippen LogP contribution in [0.4, 0.5) is 0 Å². The second kappa shape index (κ2) is 34.5. The predicted octanol–water partition coefficient (Wildman–Crippen LogP) is 14.5. The second-order valence-corrected chi connectivity index (χ2v) is 15.3. The molecule has 282 valence electrons. The zero-order valence-electron chi connectivity index (χ0n) is 33.1. The third kappa shape index (κ3) is 28.9. The van der Waals surface area contributed by atoms with Crippen molar-refractivity contribution in [3.8, 4) is 0 Å². The van der Waals surface area contributed by atoms with Gasteiger partial charge in [-0.15, -0.1) is 0 Å². The van der Waals surface area contributed by atoms with Crippen LogP contribution in [0.2, 0.25) is 0 Å². The van der Waals surface area contributed by atoms with Crippen LogP contribution >= 0.6 is 0 Å². The van der Waals surface area contributed by atoms with Crippen molar-refractivity contribution in [2.75, 3.05) is 27.2 Å². The summed E-state index contributed by atoms with van der Waals surface area (Å²) in [6, 6.07) is 0. The highest BCUT2D eigenvalue weighted by molar-refractivity contribution is 4.92. The van der Waals surface area contributed by atoms with Crippen LogP contribution in [-0.4, -0.2) is 44.0 Å². The molecule has 0 bridgehead atoms. The fraction of sp³-hybridized carbons (Fsp3) is 0.867. The van der Waals surface area contributed by atoms with Gasteiger partial charge in [0.2, 0.25) is 0 Å². The van der Waals surface area contributed by atoms with E-state index in [1.807, 2.05) is 0 Å². The highest BCUT2D eigenvalue weighted by Gasteiger charge is 2.40. The highest BCUT2D eigenvalue weighted by atomic mass is 16.7. The van der Waals surface area contributed by atoms with E-state index in [1.54, 1.807) is 0 Å². The number of allylic oxidation sites excluding steroid dienone is 6. The first-order valence-corrected chi connectivity index (χ1v) is 21.5. The minimum Gasteiger partial charge on any atom is -0.347 e. The molecule has 1 fully saturated rings. The van der Waals surface area contributed by atoms with Crippen molar-refractivity contribution in [1.29, 1.82) is 0 Å². The Balaban J connectivity index is 2.18. The molecule has 0 radical (unpaired) electrons. The summed E-state index contributed by atoms with van der Waals surface area (Å²) in [5.74, 6) is -0.300. The lowest BCUT2D eigenvalue weighted by molar-refractivity contribution is -0.180. The molecule has 1 rings (SSSR count). The molecule has 3 heteroatoms. The lowest BCUT2D eigenvalue weighted by atomic mass is 9.98. The molecule has 2 atom stereocenters. The van der Waals surface area contributed by atoms with Gasteiger partial charge in [-0.05, 0) is 111 Å². The Kier molecular flexibility index (Phi) is 32.5. The first-order valence-electron chi connectivity index (χ1n) is 21.5. The van der Waals surface area contributed by atoms with Crippen LogP contribution in [0.1, 0.15) is 213 Å². The van der Waals surface area contributed by atoms with Gasteiger partial charge in [0, 0.05) is 12.8 Å². The van der Waals surface area contributed by atoms with Crippen molar-refractivity contribution in [1.82, 2.24) is 4.90 Å². The molecular formula is C45H85NO2. The van der Waals surface area contributed by atoms with E-state index >= 15 is 0 Å². The Bertz CT molecular complexity index is 743. The topological polar surface area (TPSA) is 21.7 Å². The molecule has 0 aromatic heterocycles. The van der Waals surface area contributed by atoms with Gasteiger partial charge in [-0.1, -0.05) is 147 Å². The SMILES string of the molecule is CCCCC/C=C\C/C=C\CCCCCCCCC1(CCCCCCCCCCC/C=C\CCCCC)OCC(CCCCN(C)C)O1. The maximum atomic E-state index is 6.75. The van der Waals surface area contributed by atoms with Crippen LogP contribution in [0.15, 0.2) is 36.5 Å². The maximum absolute atomic E-state index is 6.75. The Morgan fingerprint density at radius 3 is 1.38 bits per heavy atom. The van der Waals surface area contributed by atoms with E-state index in [1.165, 1.54) is 180 Å². The molecule has 1 heterocycles. The first kappa shape index (κ1) is 45.1. The fourth-order valence-electron chi connectivity index (χ4n) is 6.97. The molecule has 0 aromatic carbocycles. The lowest BCUT2D eigenvalue weighted by Gasteiger charge is -2.28. The number of rotatable bonds is 36. The molecule has 3 nitrogen and oxygen atoms in total. The zero-order chi connectivity index (χ0) is 34.6. The molecule has 1 saturated heterocycles. The maximum Gasteiger partial charge on any atom is 0.168 e. The molecular weight excluding hydrogens is 587 g/mol. The van der Waals surface area contributed by atoms with Gasteiger partial charge in [-0.2, -0.15) is 0 Å². The minimum absolute atomic E-state index is 0.299. The summed E-state index contributed by atoms with van der Waals surface area (Å²) in [6.07, 6.45) is 54.9. The molecule has 0 spiro atoms. The number of unbranched alkanes of at least 4 members (excludes halogenated alkanes) is 22. The summed E-state index contributed by atoms with van der Waals surface area (Å²) in [7, 11) is 4.34. The van der Waals surface area contributed by atoms with E-state index in [9.17, 15) is 0 Å². The van der Waals surface area contributed by atoms with Crippen molar-refractivity contribution in [2.45, 2.75) is 225 Å². The average Bonchev–Trinajstić information content (AvgIpc) is 3.49. The number of ether oxygens (including phenoxy) is 2. The van der Waals surface area contributed by atoms with Crippen molar-refractivity contribution >= 4 is 0 Å². The summed E-state index contributed by atoms with van der Waals surface area (Å²) in [6.45, 7) is 6.53. The predicted molar refractivity (Wildman–Crippen MR) is 214 cm³/mol. The van der Waals surface area contributed by atoms with E-state index in [-0.39, 0.29) is 5.79 Å². The van der Waals surface area contributed by atoms with E-state index in [0.717, 1.165) is 32.3 Å². The van der Waals surface area contributed by atoms with E-state index in [2.05, 4.69) is 69.3 Å². The van der Waals surface area contributed by atoms with Crippen molar-refractivity contribution in [3.05, 3.63) is 36.5 Å². The van der Waals surface area contributed by atoms with Gasteiger partial charge in [0.05, 0.1) is 12.7 Å². The van der Waals surface area contributed by atoms with E-state index < -0.39 is 0 Å². The average molecular weight is 672 g/mol. The first-order chi connectivity index (χ1) is 23.6. The quantitative estimate of drug-likeness (QED) is 0.0489. The largest absolute Gasteiger partial charge is 0.347 e. The molecule has 0 aliphatic carbocycles. The number of hydrogen-bond acceptors (Lipinski definition) is 3. The molecule has 1 aliphatic heterocycles. The van der Waals surface area contributed by atoms with Gasteiger partial charge in [0.1, 0.15) is 0 Å². The van der Waals surface area contributed by atoms with Crippen LogP contribution in [-0.2, 0) is 9.47 Å². The summed E-state index contributed by atoms with van der Waals surface area (Å²) in [5, 5.41) is 0. The van der Waals surface area contributed by atoms with Crippen molar-refractivity contribution in [2.24, 2.45) is 0 Å². The van der Waals surface area contributed by atoms with E-state index in [0.29, 0.717) is 6.10 Å². The Hall–Kier alpha value is -0.900.